The van der Waals surface area contributed by atoms with Gasteiger partial charge in [-0.1, -0.05) is 28.1 Å². The first-order valence-electron chi connectivity index (χ1n) is 4.47. The van der Waals surface area contributed by atoms with Crippen LogP contribution in [-0.4, -0.2) is 19.8 Å². The maximum Gasteiger partial charge on any atom is 0.175 e. The van der Waals surface area contributed by atoms with Gasteiger partial charge in [0.2, 0.25) is 0 Å². The van der Waals surface area contributed by atoms with Crippen LogP contribution in [0.15, 0.2) is 41.1 Å². The Hall–Kier alpha value is -1.62. The van der Waals surface area contributed by atoms with Gasteiger partial charge >= 0.3 is 0 Å². The highest BCUT2D eigenvalue weighted by Crippen LogP contribution is 2.22. The molecule has 0 spiro atoms. The third kappa shape index (κ3) is 1.45. The zero-order valence-electron chi connectivity index (χ0n) is 7.68. The van der Waals surface area contributed by atoms with Crippen LogP contribution in [0.5, 0.6) is 0 Å². The summed E-state index contributed by atoms with van der Waals surface area (Å²) in [6.45, 7) is 0. The number of aromatic nitrogens is 4. The van der Waals surface area contributed by atoms with Crippen LogP contribution in [0.1, 0.15) is 0 Å². The second-order valence-electron chi connectivity index (χ2n) is 3.21. The Morgan fingerprint density at radius 2 is 2.20 bits per heavy atom. The fourth-order valence-corrected chi connectivity index (χ4v) is 1.91. The normalized spacial score (nSPS) is 11.0. The van der Waals surface area contributed by atoms with Crippen LogP contribution in [-0.2, 0) is 0 Å². The van der Waals surface area contributed by atoms with E-state index in [0.29, 0.717) is 0 Å². The SMILES string of the molecule is Brc1cccc(-c2cc3ncnn3[nH]2)c1. The molecule has 0 amide bonds. The summed E-state index contributed by atoms with van der Waals surface area (Å²) in [4.78, 5) is 4.10. The van der Waals surface area contributed by atoms with Crippen molar-refractivity contribution in [2.75, 3.05) is 0 Å². The van der Waals surface area contributed by atoms with Gasteiger partial charge in [-0.15, -0.1) is 5.10 Å². The third-order valence-corrected chi connectivity index (χ3v) is 2.70. The molecule has 0 aliphatic heterocycles. The number of hydrogen-bond acceptors (Lipinski definition) is 2. The van der Waals surface area contributed by atoms with E-state index in [-0.39, 0.29) is 0 Å². The maximum atomic E-state index is 4.10. The molecular weight excluding hydrogens is 256 g/mol. The van der Waals surface area contributed by atoms with Crippen molar-refractivity contribution in [3.05, 3.63) is 41.1 Å². The minimum Gasteiger partial charge on any atom is -0.276 e. The standard InChI is InChI=1S/C10H7BrN4/c11-8-3-1-2-7(4-8)9-5-10-12-6-13-15(10)14-9/h1-6,14H. The topological polar surface area (TPSA) is 46.0 Å². The molecule has 0 fully saturated rings. The Kier molecular flexibility index (Phi) is 1.85. The van der Waals surface area contributed by atoms with E-state index in [2.05, 4.69) is 31.1 Å². The summed E-state index contributed by atoms with van der Waals surface area (Å²) in [5.41, 5.74) is 2.94. The molecule has 0 atom stereocenters. The molecule has 3 rings (SSSR count). The number of rotatable bonds is 1. The van der Waals surface area contributed by atoms with E-state index in [1.54, 1.807) is 4.63 Å². The van der Waals surface area contributed by atoms with Crippen LogP contribution in [0.25, 0.3) is 16.9 Å². The number of nitrogens with one attached hydrogen (secondary N) is 1. The number of fused-ring (bicyclic) bond motifs is 1. The van der Waals surface area contributed by atoms with Crippen molar-refractivity contribution in [1.82, 2.24) is 19.8 Å². The van der Waals surface area contributed by atoms with Gasteiger partial charge in [-0.3, -0.25) is 5.10 Å². The van der Waals surface area contributed by atoms with E-state index >= 15 is 0 Å². The molecule has 15 heavy (non-hydrogen) atoms. The largest absolute Gasteiger partial charge is 0.276 e. The average molecular weight is 263 g/mol. The Morgan fingerprint density at radius 3 is 3.00 bits per heavy atom. The molecule has 0 saturated carbocycles. The highest BCUT2D eigenvalue weighted by molar-refractivity contribution is 9.10. The lowest BCUT2D eigenvalue weighted by atomic mass is 10.2. The first-order valence-corrected chi connectivity index (χ1v) is 5.27. The Bertz CT molecular complexity index is 582. The Morgan fingerprint density at radius 1 is 1.27 bits per heavy atom. The zero-order chi connectivity index (χ0) is 10.3. The lowest BCUT2D eigenvalue weighted by molar-refractivity contribution is 0.825. The Labute approximate surface area is 94.1 Å². The van der Waals surface area contributed by atoms with E-state index in [1.165, 1.54) is 6.33 Å². The lowest BCUT2D eigenvalue weighted by Gasteiger charge is -1.97. The van der Waals surface area contributed by atoms with Gasteiger partial charge in [0.05, 0.1) is 5.69 Å². The highest BCUT2D eigenvalue weighted by atomic mass is 79.9. The average Bonchev–Trinajstić information content (AvgIpc) is 2.76. The minimum atomic E-state index is 0.824. The second kappa shape index (κ2) is 3.20. The molecular formula is C10H7BrN4. The van der Waals surface area contributed by atoms with Crippen LogP contribution in [0.2, 0.25) is 0 Å². The predicted molar refractivity (Wildman–Crippen MR) is 60.5 cm³/mol. The van der Waals surface area contributed by atoms with Gasteiger partial charge in [0, 0.05) is 16.1 Å². The van der Waals surface area contributed by atoms with E-state index in [9.17, 15) is 0 Å². The molecule has 0 saturated heterocycles. The van der Waals surface area contributed by atoms with Gasteiger partial charge in [0.1, 0.15) is 6.33 Å². The molecule has 1 N–H and O–H groups in total. The first-order chi connectivity index (χ1) is 7.33. The number of hydrogen-bond donors (Lipinski definition) is 1. The molecule has 0 unspecified atom stereocenters. The van der Waals surface area contributed by atoms with Gasteiger partial charge in [-0.2, -0.15) is 4.63 Å². The maximum absolute atomic E-state index is 4.10. The predicted octanol–water partition coefficient (Wildman–Crippen LogP) is 2.49. The van der Waals surface area contributed by atoms with E-state index in [0.717, 1.165) is 21.4 Å². The number of aromatic amines is 1. The van der Waals surface area contributed by atoms with Crippen molar-refractivity contribution in [3.63, 3.8) is 0 Å². The smallest absolute Gasteiger partial charge is 0.175 e. The molecule has 0 radical (unpaired) electrons. The second-order valence-corrected chi connectivity index (χ2v) is 4.13. The molecule has 74 valence electrons. The molecule has 0 bridgehead atoms. The van der Waals surface area contributed by atoms with E-state index in [1.807, 2.05) is 30.3 Å². The van der Waals surface area contributed by atoms with Crippen LogP contribution < -0.4 is 0 Å². The third-order valence-electron chi connectivity index (χ3n) is 2.21. The first kappa shape index (κ1) is 8.67. The highest BCUT2D eigenvalue weighted by Gasteiger charge is 2.04. The number of halogens is 1. The monoisotopic (exact) mass is 262 g/mol. The van der Waals surface area contributed by atoms with E-state index in [4.69, 9.17) is 0 Å². The molecule has 2 heterocycles. The summed E-state index contributed by atoms with van der Waals surface area (Å²) >= 11 is 3.44. The van der Waals surface area contributed by atoms with Gasteiger partial charge in [-0.05, 0) is 12.1 Å². The molecule has 3 aromatic rings. The zero-order valence-corrected chi connectivity index (χ0v) is 9.27. The molecule has 1 aromatic carbocycles. The minimum absolute atomic E-state index is 0.824. The van der Waals surface area contributed by atoms with Crippen LogP contribution in [0.4, 0.5) is 0 Å². The molecule has 4 nitrogen and oxygen atoms in total. The van der Waals surface area contributed by atoms with Gasteiger partial charge in [0.15, 0.2) is 5.65 Å². The molecule has 0 aliphatic rings. The van der Waals surface area contributed by atoms with Crippen molar-refractivity contribution >= 4 is 21.6 Å². The summed E-state index contributed by atoms with van der Waals surface area (Å²) in [5.74, 6) is 0. The summed E-state index contributed by atoms with van der Waals surface area (Å²) < 4.78 is 2.70. The number of nitrogens with zero attached hydrogens (tertiary/aromatic N) is 3. The summed E-state index contributed by atoms with van der Waals surface area (Å²) in [6, 6.07) is 10.0. The summed E-state index contributed by atoms with van der Waals surface area (Å²) in [7, 11) is 0. The van der Waals surface area contributed by atoms with Crippen molar-refractivity contribution in [2.45, 2.75) is 0 Å². The fraction of sp³-hybridized carbons (Fsp3) is 0. The van der Waals surface area contributed by atoms with Crippen molar-refractivity contribution < 1.29 is 0 Å². The van der Waals surface area contributed by atoms with E-state index < -0.39 is 0 Å². The van der Waals surface area contributed by atoms with Crippen LogP contribution >= 0.6 is 15.9 Å². The van der Waals surface area contributed by atoms with Crippen molar-refractivity contribution in [3.8, 4) is 11.3 Å². The lowest BCUT2D eigenvalue weighted by Crippen LogP contribution is -1.86. The quantitative estimate of drug-likeness (QED) is 0.733. The molecule has 2 aromatic heterocycles. The van der Waals surface area contributed by atoms with Gasteiger partial charge < -0.3 is 0 Å². The Balaban J connectivity index is 2.17. The molecule has 5 heteroatoms. The number of benzene rings is 1. The van der Waals surface area contributed by atoms with Crippen molar-refractivity contribution in [2.24, 2.45) is 0 Å². The number of H-pyrrole nitrogens is 1. The molecule has 0 aliphatic carbocycles. The van der Waals surface area contributed by atoms with Crippen LogP contribution in [0.3, 0.4) is 0 Å². The van der Waals surface area contributed by atoms with Crippen LogP contribution in [0, 0.1) is 0 Å². The van der Waals surface area contributed by atoms with Gasteiger partial charge in [0.25, 0.3) is 0 Å². The summed E-state index contributed by atoms with van der Waals surface area (Å²) in [6.07, 6.45) is 1.52. The fourth-order valence-electron chi connectivity index (χ4n) is 1.51. The summed E-state index contributed by atoms with van der Waals surface area (Å²) in [5, 5.41) is 7.17. The van der Waals surface area contributed by atoms with Gasteiger partial charge in [-0.25, -0.2) is 4.98 Å². The van der Waals surface area contributed by atoms with Crippen molar-refractivity contribution in [1.29, 1.82) is 0 Å².